The Morgan fingerprint density at radius 2 is 0.703 bits per heavy atom. The molecular formula is C58H82O4S2. The summed E-state index contributed by atoms with van der Waals surface area (Å²) >= 11 is 3.58. The summed E-state index contributed by atoms with van der Waals surface area (Å²) < 4.78 is 27.1. The number of thiophene rings is 2. The van der Waals surface area contributed by atoms with Gasteiger partial charge in [0.2, 0.25) is 0 Å². The molecule has 0 amide bonds. The molecule has 2 aromatic heterocycles. The van der Waals surface area contributed by atoms with Gasteiger partial charge >= 0.3 is 0 Å². The molecule has 5 rings (SSSR count). The molecule has 6 heteroatoms. The monoisotopic (exact) mass is 907 g/mol. The van der Waals surface area contributed by atoms with Crippen molar-refractivity contribution >= 4 is 22.7 Å². The van der Waals surface area contributed by atoms with Gasteiger partial charge in [-0.3, -0.25) is 0 Å². The van der Waals surface area contributed by atoms with E-state index in [1.165, 1.54) is 109 Å². The molecule has 4 unspecified atom stereocenters. The Morgan fingerprint density at radius 3 is 1.00 bits per heavy atom. The van der Waals surface area contributed by atoms with Crippen molar-refractivity contribution in [3.05, 3.63) is 83.6 Å². The minimum Gasteiger partial charge on any atom is -0.489 e. The molecular weight excluding hydrogens is 825 g/mol. The van der Waals surface area contributed by atoms with Crippen LogP contribution in [0.5, 0.6) is 23.0 Å². The van der Waals surface area contributed by atoms with Crippen molar-refractivity contribution < 1.29 is 18.9 Å². The average Bonchev–Trinajstić information content (AvgIpc) is 4.08. The normalized spacial score (nSPS) is 13.4. The molecule has 0 aliphatic carbocycles. The Bertz CT molecular complexity index is 1880. The lowest BCUT2D eigenvalue weighted by Crippen LogP contribution is -2.14. The van der Waals surface area contributed by atoms with Gasteiger partial charge in [-0.25, -0.2) is 0 Å². The van der Waals surface area contributed by atoms with Crippen molar-refractivity contribution in [2.75, 3.05) is 26.4 Å². The van der Waals surface area contributed by atoms with Crippen molar-refractivity contribution in [2.45, 2.75) is 158 Å². The van der Waals surface area contributed by atoms with Crippen LogP contribution in [0.4, 0.5) is 0 Å². The lowest BCUT2D eigenvalue weighted by Gasteiger charge is -2.22. The lowest BCUT2D eigenvalue weighted by atomic mass is 9.89. The van der Waals surface area contributed by atoms with Gasteiger partial charge in [-0.05, 0) is 131 Å². The Morgan fingerprint density at radius 1 is 0.375 bits per heavy atom. The highest BCUT2D eigenvalue weighted by atomic mass is 32.1. The van der Waals surface area contributed by atoms with Crippen molar-refractivity contribution in [3.8, 4) is 66.1 Å². The summed E-state index contributed by atoms with van der Waals surface area (Å²) in [5.74, 6) is 5.45. The molecule has 5 aromatic rings. The molecule has 0 radical (unpaired) electrons. The molecule has 0 bridgehead atoms. The van der Waals surface area contributed by atoms with Gasteiger partial charge in [0.1, 0.15) is 0 Å². The molecule has 4 atom stereocenters. The minimum atomic E-state index is 0.509. The second-order valence-corrected chi connectivity index (χ2v) is 20.0. The highest BCUT2D eigenvalue weighted by Gasteiger charge is 2.22. The molecule has 2 heterocycles. The molecule has 0 fully saturated rings. The SMILES string of the molecule is CCCCC(CC)COc1ccc(-c2cc(-c3ccc(OCC(CC)CCCC)c(OCC(CC)CCCC)c3)c(-c3cccs3)cc2-c2cccs2)cc1OCC(CC)CCCC. The van der Waals surface area contributed by atoms with Gasteiger partial charge in [0.25, 0.3) is 0 Å². The van der Waals surface area contributed by atoms with Crippen molar-refractivity contribution in [1.29, 1.82) is 0 Å². The summed E-state index contributed by atoms with van der Waals surface area (Å²) in [4.78, 5) is 2.49. The van der Waals surface area contributed by atoms with E-state index >= 15 is 0 Å². The van der Waals surface area contributed by atoms with E-state index in [0.717, 1.165) is 59.8 Å². The molecule has 64 heavy (non-hydrogen) atoms. The fourth-order valence-corrected chi connectivity index (χ4v) is 10.1. The van der Waals surface area contributed by atoms with Gasteiger partial charge in [-0.2, -0.15) is 0 Å². The van der Waals surface area contributed by atoms with E-state index in [0.29, 0.717) is 50.1 Å². The fraction of sp³-hybridized carbons (Fsp3) is 0.552. The third-order valence-electron chi connectivity index (χ3n) is 13.3. The smallest absolute Gasteiger partial charge is 0.161 e. The summed E-state index contributed by atoms with van der Waals surface area (Å²) in [5.41, 5.74) is 7.05. The third-order valence-corrected chi connectivity index (χ3v) is 15.1. The third kappa shape index (κ3) is 15.2. The number of hydrogen-bond donors (Lipinski definition) is 0. The van der Waals surface area contributed by atoms with Gasteiger partial charge in [0.05, 0.1) is 26.4 Å². The van der Waals surface area contributed by atoms with E-state index in [2.05, 4.69) is 139 Å². The predicted molar refractivity (Wildman–Crippen MR) is 279 cm³/mol. The summed E-state index contributed by atoms with van der Waals surface area (Å²) in [5, 5.41) is 4.37. The van der Waals surface area contributed by atoms with E-state index in [-0.39, 0.29) is 0 Å². The maximum Gasteiger partial charge on any atom is 0.161 e. The summed E-state index contributed by atoms with van der Waals surface area (Å²) in [6.07, 6.45) is 18.9. The van der Waals surface area contributed by atoms with Gasteiger partial charge < -0.3 is 18.9 Å². The van der Waals surface area contributed by atoms with Gasteiger partial charge in [-0.1, -0.05) is 157 Å². The Labute approximate surface area is 397 Å². The van der Waals surface area contributed by atoms with E-state index in [9.17, 15) is 0 Å². The zero-order chi connectivity index (χ0) is 45.5. The Balaban J connectivity index is 1.65. The van der Waals surface area contributed by atoms with Gasteiger partial charge in [-0.15, -0.1) is 22.7 Å². The molecule has 0 spiro atoms. The number of unbranched alkanes of at least 4 members (excludes halogenated alkanes) is 4. The quantitative estimate of drug-likeness (QED) is 0.0431. The van der Waals surface area contributed by atoms with Crippen LogP contribution in [-0.2, 0) is 0 Å². The maximum absolute atomic E-state index is 6.85. The number of ether oxygens (including phenoxy) is 4. The average molecular weight is 907 g/mol. The first-order valence-electron chi connectivity index (χ1n) is 25.4. The second-order valence-electron chi connectivity index (χ2n) is 18.1. The molecule has 3 aromatic carbocycles. The van der Waals surface area contributed by atoms with Crippen LogP contribution in [-0.4, -0.2) is 26.4 Å². The maximum atomic E-state index is 6.85. The van der Waals surface area contributed by atoms with E-state index in [1.54, 1.807) is 22.7 Å². The lowest BCUT2D eigenvalue weighted by molar-refractivity contribution is 0.199. The van der Waals surface area contributed by atoms with Crippen LogP contribution in [0.15, 0.2) is 83.6 Å². The first-order valence-corrected chi connectivity index (χ1v) is 27.2. The molecule has 0 saturated heterocycles. The number of hydrogen-bond acceptors (Lipinski definition) is 6. The summed E-state index contributed by atoms with van der Waals surface area (Å²) in [6.45, 7) is 21.1. The van der Waals surface area contributed by atoms with Gasteiger partial charge in [0, 0.05) is 20.9 Å². The van der Waals surface area contributed by atoms with Crippen LogP contribution in [0.3, 0.4) is 0 Å². The molecule has 350 valence electrons. The zero-order valence-electron chi connectivity index (χ0n) is 41.0. The highest BCUT2D eigenvalue weighted by Crippen LogP contribution is 2.47. The summed E-state index contributed by atoms with van der Waals surface area (Å²) in [7, 11) is 0. The van der Waals surface area contributed by atoms with Crippen LogP contribution in [0.25, 0.3) is 43.1 Å². The highest BCUT2D eigenvalue weighted by molar-refractivity contribution is 7.14. The Hall–Kier alpha value is -3.74. The van der Waals surface area contributed by atoms with Crippen LogP contribution >= 0.6 is 22.7 Å². The first-order chi connectivity index (χ1) is 31.4. The number of benzene rings is 3. The molecule has 0 aliphatic rings. The Kier molecular flexibility index (Phi) is 22.7. The zero-order valence-corrected chi connectivity index (χ0v) is 42.6. The van der Waals surface area contributed by atoms with E-state index in [4.69, 9.17) is 18.9 Å². The minimum absolute atomic E-state index is 0.509. The van der Waals surface area contributed by atoms with Crippen LogP contribution in [0.1, 0.15) is 158 Å². The molecule has 4 nitrogen and oxygen atoms in total. The molecule has 0 aliphatic heterocycles. The fourth-order valence-electron chi connectivity index (χ4n) is 8.59. The largest absolute Gasteiger partial charge is 0.489 e. The standard InChI is InChI=1S/C58H82O4S2/c1-9-17-23-43(13-5)39-59-53-31-29-47(35-55(53)61-41-45(15-7)25-19-11-3)49-37-50(52(58-28-22-34-64-58)38-51(49)57-27-21-33-63-57)48-30-32-54(60-40-44(14-6)24-18-10-2)56(36-48)62-42-46(16-8)26-20-12-4/h21-22,27-38,43-46H,9-20,23-26,39-42H2,1-8H3. The second kappa shape index (κ2) is 28.3. The van der Waals surface area contributed by atoms with E-state index in [1.807, 2.05) is 0 Å². The molecule has 0 saturated carbocycles. The summed E-state index contributed by atoms with van der Waals surface area (Å²) in [6, 6.07) is 27.0. The van der Waals surface area contributed by atoms with Crippen LogP contribution < -0.4 is 18.9 Å². The van der Waals surface area contributed by atoms with Crippen molar-refractivity contribution in [2.24, 2.45) is 23.7 Å². The van der Waals surface area contributed by atoms with E-state index < -0.39 is 0 Å². The van der Waals surface area contributed by atoms with Gasteiger partial charge in [0.15, 0.2) is 23.0 Å². The van der Waals surface area contributed by atoms with Crippen molar-refractivity contribution in [3.63, 3.8) is 0 Å². The topological polar surface area (TPSA) is 36.9 Å². The van der Waals surface area contributed by atoms with Crippen LogP contribution in [0.2, 0.25) is 0 Å². The van der Waals surface area contributed by atoms with Crippen LogP contribution in [0, 0.1) is 23.7 Å². The molecule has 0 N–H and O–H groups in total. The first kappa shape index (κ1) is 51.2. The number of rotatable bonds is 32. The predicted octanol–water partition coefficient (Wildman–Crippen LogP) is 18.9. The van der Waals surface area contributed by atoms with Crippen molar-refractivity contribution in [1.82, 2.24) is 0 Å².